The molecule has 0 nitrogen and oxygen atoms in total. The standard InChI is InChI=1S/C14H13Cl/c15-11-4-3-7-13-9-5-8-12-6-1-2-10-14(12)13/h1-3,5-10H,4,11H2/b7-3+. The van der Waals surface area contributed by atoms with E-state index >= 15 is 0 Å². The molecule has 0 unspecified atom stereocenters. The molecule has 76 valence electrons. The van der Waals surface area contributed by atoms with Crippen LogP contribution in [0, 0.1) is 0 Å². The summed E-state index contributed by atoms with van der Waals surface area (Å²) in [6.45, 7) is 0. The Labute approximate surface area is 95.2 Å². The molecule has 0 N–H and O–H groups in total. The van der Waals surface area contributed by atoms with Gasteiger partial charge in [-0.3, -0.25) is 0 Å². The largest absolute Gasteiger partial charge is 0.126 e. The number of halogens is 1. The van der Waals surface area contributed by atoms with Crippen molar-refractivity contribution in [2.45, 2.75) is 6.42 Å². The molecule has 2 rings (SSSR count). The minimum absolute atomic E-state index is 0.682. The van der Waals surface area contributed by atoms with Crippen LogP contribution in [0.2, 0.25) is 0 Å². The molecule has 0 aliphatic heterocycles. The highest BCUT2D eigenvalue weighted by molar-refractivity contribution is 6.17. The van der Waals surface area contributed by atoms with Gasteiger partial charge in [-0.05, 0) is 22.8 Å². The molecular weight excluding hydrogens is 204 g/mol. The second-order valence-corrected chi connectivity index (χ2v) is 3.83. The summed E-state index contributed by atoms with van der Waals surface area (Å²) in [6, 6.07) is 14.8. The highest BCUT2D eigenvalue weighted by Gasteiger charge is 1.95. The predicted octanol–water partition coefficient (Wildman–Crippen LogP) is 4.48. The molecule has 15 heavy (non-hydrogen) atoms. The third-order valence-electron chi connectivity index (χ3n) is 2.40. The Morgan fingerprint density at radius 2 is 1.80 bits per heavy atom. The van der Waals surface area contributed by atoms with E-state index in [0.29, 0.717) is 5.88 Å². The van der Waals surface area contributed by atoms with Crippen molar-refractivity contribution in [3.63, 3.8) is 0 Å². The predicted molar refractivity (Wildman–Crippen MR) is 68.3 cm³/mol. The average molecular weight is 217 g/mol. The number of rotatable bonds is 3. The fourth-order valence-electron chi connectivity index (χ4n) is 1.67. The third-order valence-corrected chi connectivity index (χ3v) is 2.61. The highest BCUT2D eigenvalue weighted by Crippen LogP contribution is 2.19. The van der Waals surface area contributed by atoms with E-state index in [1.54, 1.807) is 0 Å². The first kappa shape index (κ1) is 10.3. The van der Waals surface area contributed by atoms with Gasteiger partial charge in [0.1, 0.15) is 0 Å². The zero-order valence-corrected chi connectivity index (χ0v) is 9.24. The molecule has 0 spiro atoms. The third kappa shape index (κ3) is 2.40. The molecule has 0 atom stereocenters. The van der Waals surface area contributed by atoms with Crippen LogP contribution in [0.15, 0.2) is 48.5 Å². The Kier molecular flexibility index (Phi) is 3.41. The Bertz CT molecular complexity index is 466. The van der Waals surface area contributed by atoms with Crippen LogP contribution in [0.5, 0.6) is 0 Å². The van der Waals surface area contributed by atoms with Crippen LogP contribution >= 0.6 is 11.6 Å². The van der Waals surface area contributed by atoms with Gasteiger partial charge >= 0.3 is 0 Å². The first-order valence-corrected chi connectivity index (χ1v) is 5.65. The fraction of sp³-hybridized carbons (Fsp3) is 0.143. The minimum Gasteiger partial charge on any atom is -0.126 e. The molecule has 0 heterocycles. The molecule has 0 amide bonds. The van der Waals surface area contributed by atoms with Crippen molar-refractivity contribution in [1.82, 2.24) is 0 Å². The maximum atomic E-state index is 5.63. The van der Waals surface area contributed by atoms with Gasteiger partial charge in [-0.2, -0.15) is 0 Å². The van der Waals surface area contributed by atoms with E-state index in [9.17, 15) is 0 Å². The molecular formula is C14H13Cl. The normalized spacial score (nSPS) is 11.3. The fourth-order valence-corrected chi connectivity index (χ4v) is 1.80. The Balaban J connectivity index is 2.42. The lowest BCUT2D eigenvalue weighted by molar-refractivity contribution is 1.24. The minimum atomic E-state index is 0.682. The molecule has 0 fully saturated rings. The summed E-state index contributed by atoms with van der Waals surface area (Å²) in [5, 5.41) is 2.58. The molecule has 0 saturated carbocycles. The SMILES string of the molecule is ClCC/C=C/c1cccc2ccccc12. The van der Waals surface area contributed by atoms with Gasteiger partial charge in [-0.15, -0.1) is 11.6 Å². The van der Waals surface area contributed by atoms with Crippen LogP contribution in [0.1, 0.15) is 12.0 Å². The molecule has 2 aromatic carbocycles. The smallest absolute Gasteiger partial charge is 0.0258 e. The quantitative estimate of drug-likeness (QED) is 0.664. The molecule has 0 bridgehead atoms. The van der Waals surface area contributed by atoms with E-state index in [2.05, 4.69) is 54.6 Å². The van der Waals surface area contributed by atoms with Crippen molar-refractivity contribution >= 4 is 28.4 Å². The van der Waals surface area contributed by atoms with Gasteiger partial charge in [0.15, 0.2) is 0 Å². The van der Waals surface area contributed by atoms with Crippen LogP contribution in [0.25, 0.3) is 16.8 Å². The second-order valence-electron chi connectivity index (χ2n) is 3.45. The molecule has 0 radical (unpaired) electrons. The Morgan fingerprint density at radius 1 is 1.00 bits per heavy atom. The Hall–Kier alpha value is -1.27. The summed E-state index contributed by atoms with van der Waals surface area (Å²) < 4.78 is 0. The number of hydrogen-bond donors (Lipinski definition) is 0. The van der Waals surface area contributed by atoms with Crippen molar-refractivity contribution in [2.24, 2.45) is 0 Å². The van der Waals surface area contributed by atoms with Gasteiger partial charge in [-0.1, -0.05) is 54.6 Å². The van der Waals surface area contributed by atoms with E-state index in [1.807, 2.05) is 0 Å². The lowest BCUT2D eigenvalue weighted by atomic mass is 10.0. The van der Waals surface area contributed by atoms with Gasteiger partial charge in [0.05, 0.1) is 0 Å². The number of benzene rings is 2. The van der Waals surface area contributed by atoms with E-state index in [4.69, 9.17) is 11.6 Å². The Morgan fingerprint density at radius 3 is 2.67 bits per heavy atom. The number of allylic oxidation sites excluding steroid dienone is 1. The zero-order chi connectivity index (χ0) is 10.5. The van der Waals surface area contributed by atoms with E-state index in [-0.39, 0.29) is 0 Å². The summed E-state index contributed by atoms with van der Waals surface area (Å²) in [4.78, 5) is 0. The number of hydrogen-bond acceptors (Lipinski definition) is 0. The van der Waals surface area contributed by atoms with E-state index in [1.165, 1.54) is 16.3 Å². The summed E-state index contributed by atoms with van der Waals surface area (Å²) >= 11 is 5.63. The van der Waals surface area contributed by atoms with Gasteiger partial charge < -0.3 is 0 Å². The van der Waals surface area contributed by atoms with Crippen molar-refractivity contribution in [3.05, 3.63) is 54.1 Å². The first-order valence-electron chi connectivity index (χ1n) is 5.12. The number of alkyl halides is 1. The highest BCUT2D eigenvalue weighted by atomic mass is 35.5. The average Bonchev–Trinajstić information content (AvgIpc) is 2.30. The van der Waals surface area contributed by atoms with Crippen LogP contribution < -0.4 is 0 Å². The summed E-state index contributed by atoms with van der Waals surface area (Å²) in [7, 11) is 0. The van der Waals surface area contributed by atoms with Crippen molar-refractivity contribution < 1.29 is 0 Å². The van der Waals surface area contributed by atoms with Gasteiger partial charge in [0.25, 0.3) is 0 Å². The summed E-state index contributed by atoms with van der Waals surface area (Å²) in [6.07, 6.45) is 5.18. The molecule has 0 aromatic heterocycles. The lowest BCUT2D eigenvalue weighted by Crippen LogP contribution is -1.77. The van der Waals surface area contributed by atoms with E-state index < -0.39 is 0 Å². The van der Waals surface area contributed by atoms with Crippen molar-refractivity contribution in [2.75, 3.05) is 5.88 Å². The molecule has 0 saturated heterocycles. The number of fused-ring (bicyclic) bond motifs is 1. The molecule has 1 heteroatoms. The molecule has 2 aromatic rings. The summed E-state index contributed by atoms with van der Waals surface area (Å²) in [5.74, 6) is 0.682. The van der Waals surface area contributed by atoms with E-state index in [0.717, 1.165) is 6.42 Å². The van der Waals surface area contributed by atoms with Crippen LogP contribution in [0.3, 0.4) is 0 Å². The maximum Gasteiger partial charge on any atom is 0.0258 e. The van der Waals surface area contributed by atoms with Crippen LogP contribution in [-0.2, 0) is 0 Å². The van der Waals surface area contributed by atoms with Gasteiger partial charge in [-0.25, -0.2) is 0 Å². The van der Waals surface area contributed by atoms with Crippen molar-refractivity contribution in [3.8, 4) is 0 Å². The zero-order valence-electron chi connectivity index (χ0n) is 8.49. The second kappa shape index (κ2) is 4.99. The lowest BCUT2D eigenvalue weighted by Gasteiger charge is -2.01. The van der Waals surface area contributed by atoms with Crippen LogP contribution in [-0.4, -0.2) is 5.88 Å². The van der Waals surface area contributed by atoms with Gasteiger partial charge in [0.2, 0.25) is 0 Å². The monoisotopic (exact) mass is 216 g/mol. The first-order chi connectivity index (χ1) is 7.42. The van der Waals surface area contributed by atoms with Crippen molar-refractivity contribution in [1.29, 1.82) is 0 Å². The molecule has 0 aliphatic rings. The maximum absolute atomic E-state index is 5.63. The topological polar surface area (TPSA) is 0 Å². The van der Waals surface area contributed by atoms with Crippen LogP contribution in [0.4, 0.5) is 0 Å². The van der Waals surface area contributed by atoms with Gasteiger partial charge in [0, 0.05) is 5.88 Å². The molecule has 0 aliphatic carbocycles. The summed E-state index contributed by atoms with van der Waals surface area (Å²) in [5.41, 5.74) is 1.26.